The summed E-state index contributed by atoms with van der Waals surface area (Å²) in [5, 5.41) is 20.3. The minimum atomic E-state index is 0.177. The third kappa shape index (κ3) is 3.04. The second-order valence-electron chi connectivity index (χ2n) is 3.36. The molecule has 82 valence electrons. The number of oxime groups is 1. The predicted octanol–water partition coefficient (Wildman–Crippen LogP) is -1.31. The molecule has 6 heteroatoms. The maximum atomic E-state index is 8.79. The number of nitrogens with two attached hydrogens (primary N) is 1. The first-order chi connectivity index (χ1) is 6.77. The van der Waals surface area contributed by atoms with E-state index in [1.54, 1.807) is 0 Å². The molecule has 1 heterocycles. The second-order valence-corrected chi connectivity index (χ2v) is 3.36. The van der Waals surface area contributed by atoms with Crippen LogP contribution < -0.4 is 5.73 Å². The zero-order valence-corrected chi connectivity index (χ0v) is 8.26. The number of rotatable bonds is 2. The monoisotopic (exact) mass is 202 g/mol. The lowest BCUT2D eigenvalue weighted by Crippen LogP contribution is -2.40. The van der Waals surface area contributed by atoms with E-state index < -0.39 is 0 Å². The van der Waals surface area contributed by atoms with Gasteiger partial charge in [0.15, 0.2) is 0 Å². The Morgan fingerprint density at radius 1 is 1.29 bits per heavy atom. The molecule has 0 aliphatic carbocycles. The maximum absolute atomic E-state index is 8.79. The Kier molecular flexibility index (Phi) is 4.48. The van der Waals surface area contributed by atoms with Crippen LogP contribution >= 0.6 is 0 Å². The molecule has 0 bridgehead atoms. The number of aliphatic hydroxyl groups excluding tert-OH is 1. The molecule has 0 amide bonds. The molecular weight excluding hydrogens is 184 g/mol. The Hall–Kier alpha value is -1.01. The molecule has 0 aromatic rings. The summed E-state index contributed by atoms with van der Waals surface area (Å²) in [6.45, 7) is 4.23. The third-order valence-corrected chi connectivity index (χ3v) is 2.43. The highest BCUT2D eigenvalue weighted by molar-refractivity contribution is 5.77. The van der Waals surface area contributed by atoms with Crippen molar-refractivity contribution in [3.05, 3.63) is 0 Å². The number of guanidine groups is 1. The first kappa shape index (κ1) is 11.1. The molecule has 14 heavy (non-hydrogen) atoms. The van der Waals surface area contributed by atoms with Crippen LogP contribution in [0.15, 0.2) is 5.16 Å². The molecule has 0 spiro atoms. The van der Waals surface area contributed by atoms with Gasteiger partial charge < -0.3 is 20.9 Å². The van der Waals surface area contributed by atoms with E-state index in [4.69, 9.17) is 16.0 Å². The minimum Gasteiger partial charge on any atom is -0.408 e. The second kappa shape index (κ2) is 5.66. The maximum Gasteiger partial charge on any atom is 0.233 e. The van der Waals surface area contributed by atoms with Gasteiger partial charge in [0.2, 0.25) is 5.96 Å². The molecule has 0 radical (unpaired) electrons. The van der Waals surface area contributed by atoms with Gasteiger partial charge in [-0.3, -0.25) is 4.90 Å². The SMILES string of the molecule is NC(=NO)N1CCCN(CCO)CC1. The van der Waals surface area contributed by atoms with Crippen LogP contribution in [0.5, 0.6) is 0 Å². The standard InChI is InChI=1S/C8H18N4O2/c9-8(10-14)12-3-1-2-11(4-5-12)6-7-13/h13-14H,1-7H2,(H2,9,10). The van der Waals surface area contributed by atoms with Gasteiger partial charge in [-0.1, -0.05) is 5.16 Å². The summed E-state index contributed by atoms with van der Waals surface area (Å²) < 4.78 is 0. The molecule has 6 nitrogen and oxygen atoms in total. The largest absolute Gasteiger partial charge is 0.408 e. The quantitative estimate of drug-likeness (QED) is 0.224. The molecule has 1 saturated heterocycles. The Morgan fingerprint density at radius 3 is 2.71 bits per heavy atom. The van der Waals surface area contributed by atoms with Gasteiger partial charge in [0.05, 0.1) is 6.61 Å². The molecule has 0 atom stereocenters. The molecule has 1 fully saturated rings. The van der Waals surface area contributed by atoms with Crippen LogP contribution in [0, 0.1) is 0 Å². The van der Waals surface area contributed by atoms with Crippen LogP contribution in [0.25, 0.3) is 0 Å². The Balaban J connectivity index is 2.40. The summed E-state index contributed by atoms with van der Waals surface area (Å²) in [4.78, 5) is 4.02. The van der Waals surface area contributed by atoms with Gasteiger partial charge in [0, 0.05) is 26.2 Å². The van der Waals surface area contributed by atoms with Crippen molar-refractivity contribution in [1.82, 2.24) is 9.80 Å². The Bertz CT molecular complexity index is 198. The lowest BCUT2D eigenvalue weighted by molar-refractivity contribution is 0.201. The fraction of sp³-hybridized carbons (Fsp3) is 0.875. The number of nitrogens with zero attached hydrogens (tertiary/aromatic N) is 3. The smallest absolute Gasteiger partial charge is 0.233 e. The fourth-order valence-corrected chi connectivity index (χ4v) is 1.63. The number of aliphatic hydroxyl groups is 1. The van der Waals surface area contributed by atoms with Crippen LogP contribution in [-0.2, 0) is 0 Å². The van der Waals surface area contributed by atoms with E-state index in [9.17, 15) is 0 Å². The van der Waals surface area contributed by atoms with Crippen molar-refractivity contribution in [3.63, 3.8) is 0 Å². The van der Waals surface area contributed by atoms with E-state index in [1.807, 2.05) is 4.90 Å². The molecule has 1 rings (SSSR count). The molecular formula is C8H18N4O2. The molecule has 1 aliphatic rings. The van der Waals surface area contributed by atoms with Crippen molar-refractivity contribution in [2.45, 2.75) is 6.42 Å². The summed E-state index contributed by atoms with van der Waals surface area (Å²) >= 11 is 0. The highest BCUT2D eigenvalue weighted by Gasteiger charge is 2.15. The van der Waals surface area contributed by atoms with Crippen molar-refractivity contribution in [3.8, 4) is 0 Å². The summed E-state index contributed by atoms with van der Waals surface area (Å²) in [7, 11) is 0. The molecule has 0 unspecified atom stereocenters. The normalized spacial score (nSPS) is 20.9. The van der Waals surface area contributed by atoms with Gasteiger partial charge in [-0.05, 0) is 13.0 Å². The number of β-amino-alcohol motifs (C(OH)–C–C–N with tert-alkyl or cyclic N) is 1. The van der Waals surface area contributed by atoms with Crippen molar-refractivity contribution in [2.75, 3.05) is 39.3 Å². The van der Waals surface area contributed by atoms with Gasteiger partial charge in [0.25, 0.3) is 0 Å². The lowest BCUT2D eigenvalue weighted by Gasteiger charge is -2.21. The first-order valence-electron chi connectivity index (χ1n) is 4.83. The Labute approximate surface area is 83.6 Å². The number of hydrogen-bond donors (Lipinski definition) is 3. The lowest BCUT2D eigenvalue weighted by atomic mass is 10.4. The van der Waals surface area contributed by atoms with Crippen LogP contribution in [-0.4, -0.2) is 65.4 Å². The Morgan fingerprint density at radius 2 is 2.07 bits per heavy atom. The van der Waals surface area contributed by atoms with Gasteiger partial charge in [0.1, 0.15) is 0 Å². The zero-order chi connectivity index (χ0) is 10.4. The van der Waals surface area contributed by atoms with E-state index in [2.05, 4.69) is 10.1 Å². The highest BCUT2D eigenvalue weighted by Crippen LogP contribution is 2.01. The number of hydrogen-bond acceptors (Lipinski definition) is 4. The van der Waals surface area contributed by atoms with Crippen molar-refractivity contribution in [2.24, 2.45) is 10.9 Å². The molecule has 0 aromatic carbocycles. The van der Waals surface area contributed by atoms with Crippen molar-refractivity contribution < 1.29 is 10.3 Å². The van der Waals surface area contributed by atoms with E-state index in [0.717, 1.165) is 32.6 Å². The van der Waals surface area contributed by atoms with Crippen LogP contribution in [0.2, 0.25) is 0 Å². The van der Waals surface area contributed by atoms with Crippen molar-refractivity contribution >= 4 is 5.96 Å². The zero-order valence-electron chi connectivity index (χ0n) is 8.26. The van der Waals surface area contributed by atoms with Crippen LogP contribution in [0.3, 0.4) is 0 Å². The minimum absolute atomic E-state index is 0.177. The van der Waals surface area contributed by atoms with Crippen molar-refractivity contribution in [1.29, 1.82) is 0 Å². The summed E-state index contributed by atoms with van der Waals surface area (Å²) in [6, 6.07) is 0. The summed E-state index contributed by atoms with van der Waals surface area (Å²) in [6.07, 6.45) is 0.968. The van der Waals surface area contributed by atoms with Crippen LogP contribution in [0.1, 0.15) is 6.42 Å². The molecule has 4 N–H and O–H groups in total. The highest BCUT2D eigenvalue weighted by atomic mass is 16.4. The van der Waals surface area contributed by atoms with E-state index in [1.165, 1.54) is 0 Å². The average molecular weight is 202 g/mol. The van der Waals surface area contributed by atoms with E-state index in [0.29, 0.717) is 6.54 Å². The molecule has 0 aromatic heterocycles. The van der Waals surface area contributed by atoms with E-state index >= 15 is 0 Å². The van der Waals surface area contributed by atoms with Gasteiger partial charge in [-0.25, -0.2) is 0 Å². The van der Waals surface area contributed by atoms with Crippen LogP contribution in [0.4, 0.5) is 0 Å². The topological polar surface area (TPSA) is 85.3 Å². The third-order valence-electron chi connectivity index (χ3n) is 2.43. The predicted molar refractivity (Wildman–Crippen MR) is 53.1 cm³/mol. The van der Waals surface area contributed by atoms with Gasteiger partial charge >= 0.3 is 0 Å². The van der Waals surface area contributed by atoms with Gasteiger partial charge in [-0.15, -0.1) is 0 Å². The summed E-state index contributed by atoms with van der Waals surface area (Å²) in [5.74, 6) is 0.177. The molecule has 1 aliphatic heterocycles. The van der Waals surface area contributed by atoms with E-state index in [-0.39, 0.29) is 12.6 Å². The summed E-state index contributed by atoms with van der Waals surface area (Å²) in [5.41, 5.74) is 5.49. The fourth-order valence-electron chi connectivity index (χ4n) is 1.63. The first-order valence-corrected chi connectivity index (χ1v) is 4.83. The molecule has 0 saturated carbocycles. The van der Waals surface area contributed by atoms with Gasteiger partial charge in [-0.2, -0.15) is 0 Å². The average Bonchev–Trinajstić information content (AvgIpc) is 2.43.